The Hall–Kier alpha value is -0.810. The first-order chi connectivity index (χ1) is 3.66. The van der Waals surface area contributed by atoms with Crippen LogP contribution in [0.4, 0.5) is 0 Å². The van der Waals surface area contributed by atoms with E-state index in [1.807, 2.05) is 0 Å². The van der Waals surface area contributed by atoms with Crippen molar-refractivity contribution in [1.29, 1.82) is 0 Å². The Morgan fingerprint density at radius 3 is 2.62 bits per heavy atom. The smallest absolute Gasteiger partial charge is 0.132 e. The Labute approximate surface area is 49.1 Å². The van der Waals surface area contributed by atoms with E-state index in [2.05, 4.69) is 5.92 Å². The summed E-state index contributed by atoms with van der Waals surface area (Å²) in [5.41, 5.74) is 5.22. The van der Waals surface area contributed by atoms with Crippen molar-refractivity contribution in [3.63, 3.8) is 0 Å². The number of hydrogen-bond acceptors (Lipinski definition) is 2. The molecule has 44 valence electrons. The lowest BCUT2D eigenvalue weighted by Gasteiger charge is -1.96. The van der Waals surface area contributed by atoms with Crippen LogP contribution in [0.3, 0.4) is 0 Å². The van der Waals surface area contributed by atoms with Crippen molar-refractivity contribution in [2.24, 2.45) is 5.73 Å². The average Bonchev–Trinajstić information content (AvgIpc) is 1.65. The molecule has 0 amide bonds. The van der Waals surface area contributed by atoms with Crippen LogP contribution < -0.4 is 5.73 Å². The molecule has 2 N–H and O–H groups in total. The third kappa shape index (κ3) is 3.38. The number of ketones is 1. The minimum Gasteiger partial charge on any atom is -0.317 e. The molecule has 0 saturated heterocycles. The highest BCUT2D eigenvalue weighted by molar-refractivity contribution is 5.76. The van der Waals surface area contributed by atoms with E-state index in [4.69, 9.17) is 12.2 Å². The van der Waals surface area contributed by atoms with E-state index in [0.717, 1.165) is 0 Å². The van der Waals surface area contributed by atoms with Gasteiger partial charge in [-0.3, -0.25) is 4.79 Å². The Balaban J connectivity index is 3.43. The summed E-state index contributed by atoms with van der Waals surface area (Å²) in [6, 6.07) is -0.396. The predicted octanol–water partition coefficient (Wildman–Crippen LogP) is -0.0740. The molecule has 0 aliphatic carbocycles. The van der Waals surface area contributed by atoms with Crippen molar-refractivity contribution in [2.75, 3.05) is 0 Å². The summed E-state index contributed by atoms with van der Waals surface area (Å²) in [5, 5.41) is 0. The topological polar surface area (TPSA) is 43.1 Å². The van der Waals surface area contributed by atoms with Gasteiger partial charge in [-0.15, -0.1) is 6.42 Å². The zero-order valence-electron chi connectivity index (χ0n) is 4.85. The zero-order valence-corrected chi connectivity index (χ0v) is 4.85. The molecule has 0 rings (SSSR count). The quantitative estimate of drug-likeness (QED) is 0.507. The monoisotopic (exact) mass is 111 g/mol. The zero-order chi connectivity index (χ0) is 6.57. The van der Waals surface area contributed by atoms with E-state index in [1.165, 1.54) is 6.92 Å². The number of hydrogen-bond donors (Lipinski definition) is 1. The summed E-state index contributed by atoms with van der Waals surface area (Å²) in [6.45, 7) is 1.47. The maximum Gasteiger partial charge on any atom is 0.132 e. The lowest BCUT2D eigenvalue weighted by molar-refractivity contribution is -0.117. The first-order valence-corrected chi connectivity index (χ1v) is 2.38. The fourth-order valence-electron chi connectivity index (χ4n) is 0.369. The van der Waals surface area contributed by atoms with Gasteiger partial charge in [-0.25, -0.2) is 0 Å². The molecule has 0 aliphatic heterocycles. The van der Waals surface area contributed by atoms with Gasteiger partial charge in [0.2, 0.25) is 0 Å². The van der Waals surface area contributed by atoms with Crippen LogP contribution in [0.2, 0.25) is 0 Å². The van der Waals surface area contributed by atoms with Crippen molar-refractivity contribution in [2.45, 2.75) is 19.4 Å². The number of Topliss-reactive ketones (excluding diaryl/α,β-unsaturated/α-hetero) is 1. The molecule has 8 heavy (non-hydrogen) atoms. The molecule has 2 nitrogen and oxygen atoms in total. The van der Waals surface area contributed by atoms with Crippen LogP contribution in [0.1, 0.15) is 13.3 Å². The van der Waals surface area contributed by atoms with E-state index in [9.17, 15) is 4.79 Å². The fourth-order valence-corrected chi connectivity index (χ4v) is 0.369. The lowest BCUT2D eigenvalue weighted by atomic mass is 10.2. The minimum atomic E-state index is -0.396. The summed E-state index contributed by atoms with van der Waals surface area (Å²) in [6.07, 6.45) is 5.18. The van der Waals surface area contributed by atoms with Crippen molar-refractivity contribution in [3.8, 4) is 12.3 Å². The highest BCUT2D eigenvalue weighted by Crippen LogP contribution is 1.84. The van der Waals surface area contributed by atoms with Crippen LogP contribution in [-0.2, 0) is 4.79 Å². The van der Waals surface area contributed by atoms with Crippen LogP contribution in [0.5, 0.6) is 0 Å². The normalized spacial score (nSPS) is 12.1. The lowest BCUT2D eigenvalue weighted by Crippen LogP contribution is -2.19. The Morgan fingerprint density at radius 1 is 2.00 bits per heavy atom. The van der Waals surface area contributed by atoms with Gasteiger partial charge in [0.05, 0.1) is 6.04 Å². The molecule has 0 heterocycles. The Bertz CT molecular complexity index is 123. The second-order valence-electron chi connectivity index (χ2n) is 1.68. The fraction of sp³-hybridized carbons (Fsp3) is 0.500. The van der Waals surface area contributed by atoms with E-state index in [0.29, 0.717) is 0 Å². The van der Waals surface area contributed by atoms with Crippen LogP contribution in [0.15, 0.2) is 0 Å². The van der Waals surface area contributed by atoms with E-state index >= 15 is 0 Å². The van der Waals surface area contributed by atoms with Crippen molar-refractivity contribution in [1.82, 2.24) is 0 Å². The van der Waals surface area contributed by atoms with Crippen molar-refractivity contribution in [3.05, 3.63) is 0 Å². The summed E-state index contributed by atoms with van der Waals surface area (Å²) < 4.78 is 0. The third-order valence-corrected chi connectivity index (χ3v) is 0.721. The molecule has 2 heteroatoms. The number of carbonyl (C=O) groups excluding carboxylic acids is 1. The first-order valence-electron chi connectivity index (χ1n) is 2.38. The van der Waals surface area contributed by atoms with Crippen LogP contribution >= 0.6 is 0 Å². The summed E-state index contributed by atoms with van der Waals surface area (Å²) >= 11 is 0. The van der Waals surface area contributed by atoms with Gasteiger partial charge in [-0.2, -0.15) is 0 Å². The van der Waals surface area contributed by atoms with E-state index in [-0.39, 0.29) is 12.2 Å². The molecule has 1 unspecified atom stereocenters. The average molecular weight is 111 g/mol. The summed E-state index contributed by atoms with van der Waals surface area (Å²) in [7, 11) is 0. The molecule has 0 aromatic heterocycles. The molecule has 0 fully saturated rings. The third-order valence-electron chi connectivity index (χ3n) is 0.721. The van der Waals surface area contributed by atoms with Gasteiger partial charge < -0.3 is 5.73 Å². The Morgan fingerprint density at radius 2 is 2.50 bits per heavy atom. The molecular weight excluding hydrogens is 102 g/mol. The van der Waals surface area contributed by atoms with E-state index in [1.54, 1.807) is 0 Å². The van der Waals surface area contributed by atoms with Gasteiger partial charge in [-0.05, 0) is 6.92 Å². The highest BCUT2D eigenvalue weighted by atomic mass is 16.1. The van der Waals surface area contributed by atoms with Gasteiger partial charge >= 0.3 is 0 Å². The molecular formula is C6H9NO. The minimum absolute atomic E-state index is 0.0375. The second-order valence-corrected chi connectivity index (χ2v) is 1.68. The van der Waals surface area contributed by atoms with Gasteiger partial charge in [0.15, 0.2) is 0 Å². The first kappa shape index (κ1) is 7.19. The number of nitrogens with two attached hydrogens (primary N) is 1. The van der Waals surface area contributed by atoms with Gasteiger partial charge in [0.1, 0.15) is 5.78 Å². The van der Waals surface area contributed by atoms with E-state index < -0.39 is 6.04 Å². The predicted molar refractivity (Wildman–Crippen MR) is 32.1 cm³/mol. The number of terminal acetylenes is 1. The number of carbonyl (C=O) groups is 1. The Kier molecular flexibility index (Phi) is 2.90. The number of rotatable bonds is 2. The maximum atomic E-state index is 10.2. The molecule has 0 saturated carbocycles. The largest absolute Gasteiger partial charge is 0.317 e. The van der Waals surface area contributed by atoms with Crippen LogP contribution in [-0.4, -0.2) is 11.8 Å². The summed E-state index contributed by atoms with van der Waals surface area (Å²) in [4.78, 5) is 10.2. The molecule has 0 radical (unpaired) electrons. The molecule has 0 bridgehead atoms. The van der Waals surface area contributed by atoms with Gasteiger partial charge in [0, 0.05) is 6.42 Å². The second kappa shape index (κ2) is 3.23. The van der Waals surface area contributed by atoms with Crippen molar-refractivity contribution < 1.29 is 4.79 Å². The SMILES string of the molecule is C#CC(N)CC(C)=O. The van der Waals surface area contributed by atoms with Crippen LogP contribution in [0.25, 0.3) is 0 Å². The molecule has 0 spiro atoms. The maximum absolute atomic E-state index is 10.2. The standard InChI is InChI=1S/C6H9NO/c1-3-6(7)4-5(2)8/h1,6H,4,7H2,2H3. The van der Waals surface area contributed by atoms with Gasteiger partial charge in [-0.1, -0.05) is 5.92 Å². The van der Waals surface area contributed by atoms with Crippen LogP contribution in [0, 0.1) is 12.3 Å². The molecule has 0 aliphatic rings. The molecule has 0 aromatic carbocycles. The molecule has 0 aromatic rings. The van der Waals surface area contributed by atoms with Crippen molar-refractivity contribution >= 4 is 5.78 Å². The summed E-state index contributed by atoms with van der Waals surface area (Å²) in [5.74, 6) is 2.29. The highest BCUT2D eigenvalue weighted by Gasteiger charge is 1.98. The van der Waals surface area contributed by atoms with Gasteiger partial charge in [0.25, 0.3) is 0 Å². The molecule has 1 atom stereocenters.